The first-order valence-electron chi connectivity index (χ1n) is 7.51. The van der Waals surface area contributed by atoms with Gasteiger partial charge < -0.3 is 14.7 Å². The standard InChI is InChI=1S/C17H21NO4/c1-11-5-4-6-13(12(11)2)14-15(19)17(22-16(14)20)7-9-18(21-3)10-8-17/h4-6,19H,7-10H2,1-3H3. The van der Waals surface area contributed by atoms with Crippen molar-refractivity contribution < 1.29 is 19.5 Å². The molecule has 5 heteroatoms. The van der Waals surface area contributed by atoms with Gasteiger partial charge in [-0.3, -0.25) is 0 Å². The topological polar surface area (TPSA) is 59.0 Å². The number of hydrogen-bond donors (Lipinski definition) is 1. The molecule has 1 saturated heterocycles. The van der Waals surface area contributed by atoms with Crippen LogP contribution in [0.5, 0.6) is 0 Å². The Morgan fingerprint density at radius 2 is 1.95 bits per heavy atom. The molecule has 5 nitrogen and oxygen atoms in total. The van der Waals surface area contributed by atoms with E-state index >= 15 is 0 Å². The van der Waals surface area contributed by atoms with Gasteiger partial charge in [0.25, 0.3) is 0 Å². The third-order valence-corrected chi connectivity index (χ3v) is 4.82. The molecule has 1 aromatic rings. The van der Waals surface area contributed by atoms with Crippen molar-refractivity contribution in [2.75, 3.05) is 20.2 Å². The third-order valence-electron chi connectivity index (χ3n) is 4.82. The molecule has 0 aromatic heterocycles. The zero-order chi connectivity index (χ0) is 15.9. The molecule has 0 bridgehead atoms. The van der Waals surface area contributed by atoms with Crippen LogP contribution in [0.1, 0.15) is 29.5 Å². The number of piperidine rings is 1. The molecule has 1 spiro atoms. The summed E-state index contributed by atoms with van der Waals surface area (Å²) >= 11 is 0. The quantitative estimate of drug-likeness (QED) is 0.851. The molecule has 0 aliphatic carbocycles. The minimum Gasteiger partial charge on any atom is -0.507 e. The van der Waals surface area contributed by atoms with Crippen LogP contribution in [0, 0.1) is 13.8 Å². The highest BCUT2D eigenvalue weighted by atomic mass is 16.7. The van der Waals surface area contributed by atoms with Gasteiger partial charge in [-0.25, -0.2) is 4.79 Å². The molecule has 22 heavy (non-hydrogen) atoms. The normalized spacial score (nSPS) is 21.5. The first-order chi connectivity index (χ1) is 10.5. The molecule has 3 rings (SSSR count). The van der Waals surface area contributed by atoms with Gasteiger partial charge in [0.2, 0.25) is 0 Å². The van der Waals surface area contributed by atoms with Crippen molar-refractivity contribution in [2.45, 2.75) is 32.3 Å². The van der Waals surface area contributed by atoms with Crippen molar-refractivity contribution in [3.8, 4) is 0 Å². The van der Waals surface area contributed by atoms with Crippen LogP contribution in [-0.4, -0.2) is 41.9 Å². The molecule has 0 saturated carbocycles. The number of benzene rings is 1. The number of aryl methyl sites for hydroxylation is 1. The number of rotatable bonds is 2. The van der Waals surface area contributed by atoms with E-state index in [-0.39, 0.29) is 5.76 Å². The van der Waals surface area contributed by atoms with Gasteiger partial charge in [0.1, 0.15) is 5.57 Å². The molecule has 2 heterocycles. The Bertz CT molecular complexity index is 642. The van der Waals surface area contributed by atoms with Gasteiger partial charge in [-0.05, 0) is 30.5 Å². The number of aliphatic hydroxyl groups excluding tert-OH is 1. The number of hydrogen-bond acceptors (Lipinski definition) is 5. The fraction of sp³-hybridized carbons (Fsp3) is 0.471. The zero-order valence-electron chi connectivity index (χ0n) is 13.2. The van der Waals surface area contributed by atoms with E-state index in [0.717, 1.165) is 16.7 Å². The molecule has 1 fully saturated rings. The minimum absolute atomic E-state index is 0.0713. The first-order valence-corrected chi connectivity index (χ1v) is 7.51. The maximum absolute atomic E-state index is 12.4. The lowest BCUT2D eigenvalue weighted by Gasteiger charge is -2.36. The van der Waals surface area contributed by atoms with E-state index in [9.17, 15) is 9.90 Å². The van der Waals surface area contributed by atoms with Crippen LogP contribution in [0.2, 0.25) is 0 Å². The average Bonchev–Trinajstić information content (AvgIpc) is 2.74. The fourth-order valence-corrected chi connectivity index (χ4v) is 3.23. The second-order valence-electron chi connectivity index (χ2n) is 5.97. The SMILES string of the molecule is CON1CCC2(CC1)OC(=O)C(c1cccc(C)c1C)=C2O. The largest absolute Gasteiger partial charge is 0.507 e. The summed E-state index contributed by atoms with van der Waals surface area (Å²) in [5, 5.41) is 12.5. The summed E-state index contributed by atoms with van der Waals surface area (Å²) in [6.45, 7) is 5.18. The Morgan fingerprint density at radius 3 is 2.59 bits per heavy atom. The van der Waals surface area contributed by atoms with Gasteiger partial charge in [0.15, 0.2) is 11.4 Å². The molecule has 2 aliphatic heterocycles. The highest BCUT2D eigenvalue weighted by Gasteiger charge is 2.50. The summed E-state index contributed by atoms with van der Waals surface area (Å²) in [6.07, 6.45) is 1.07. The van der Waals surface area contributed by atoms with Gasteiger partial charge in [0, 0.05) is 25.9 Å². The third kappa shape index (κ3) is 2.21. The highest BCUT2D eigenvalue weighted by Crippen LogP contribution is 2.43. The Kier molecular flexibility index (Phi) is 3.70. The summed E-state index contributed by atoms with van der Waals surface area (Å²) in [5.41, 5.74) is 2.26. The average molecular weight is 303 g/mol. The summed E-state index contributed by atoms with van der Waals surface area (Å²) < 4.78 is 5.61. The Morgan fingerprint density at radius 1 is 1.27 bits per heavy atom. The molecule has 118 valence electrons. The molecule has 0 atom stereocenters. The Hall–Kier alpha value is -1.85. The lowest BCUT2D eigenvalue weighted by Crippen LogP contribution is -2.45. The van der Waals surface area contributed by atoms with Crippen molar-refractivity contribution in [2.24, 2.45) is 0 Å². The molecular weight excluding hydrogens is 282 g/mol. The van der Waals surface area contributed by atoms with E-state index in [2.05, 4.69) is 0 Å². The highest BCUT2D eigenvalue weighted by molar-refractivity contribution is 6.20. The van der Waals surface area contributed by atoms with Crippen molar-refractivity contribution >= 4 is 11.5 Å². The number of ether oxygens (including phenoxy) is 1. The molecule has 0 radical (unpaired) electrons. The van der Waals surface area contributed by atoms with Crippen LogP contribution in [0.3, 0.4) is 0 Å². The van der Waals surface area contributed by atoms with E-state index in [1.807, 2.05) is 37.1 Å². The van der Waals surface area contributed by atoms with Crippen LogP contribution in [0.15, 0.2) is 24.0 Å². The first kappa shape index (κ1) is 15.1. The van der Waals surface area contributed by atoms with Crippen LogP contribution in [0.25, 0.3) is 5.57 Å². The fourth-order valence-electron chi connectivity index (χ4n) is 3.23. The van der Waals surface area contributed by atoms with Gasteiger partial charge in [-0.1, -0.05) is 18.2 Å². The number of esters is 1. The molecule has 1 aromatic carbocycles. The maximum Gasteiger partial charge on any atom is 0.343 e. The van der Waals surface area contributed by atoms with E-state index in [4.69, 9.17) is 9.57 Å². The summed E-state index contributed by atoms with van der Waals surface area (Å²) in [4.78, 5) is 17.6. The van der Waals surface area contributed by atoms with Gasteiger partial charge in [-0.2, -0.15) is 5.06 Å². The number of nitrogens with zero attached hydrogens (tertiary/aromatic N) is 1. The van der Waals surface area contributed by atoms with Gasteiger partial charge in [0.05, 0.1) is 7.11 Å². The predicted octanol–water partition coefficient (Wildman–Crippen LogP) is 2.53. The monoisotopic (exact) mass is 303 g/mol. The zero-order valence-corrected chi connectivity index (χ0v) is 13.2. The van der Waals surface area contributed by atoms with Crippen LogP contribution < -0.4 is 0 Å². The molecule has 0 amide bonds. The smallest absolute Gasteiger partial charge is 0.343 e. The van der Waals surface area contributed by atoms with Crippen LogP contribution in [-0.2, 0) is 14.4 Å². The lowest BCUT2D eigenvalue weighted by molar-refractivity contribution is -0.182. The second-order valence-corrected chi connectivity index (χ2v) is 5.97. The molecule has 2 aliphatic rings. The number of hydroxylamine groups is 2. The Balaban J connectivity index is 2.01. The second kappa shape index (κ2) is 5.41. The number of carbonyl (C=O) groups is 1. The minimum atomic E-state index is -0.891. The Labute approximate surface area is 130 Å². The van der Waals surface area contributed by atoms with E-state index in [1.54, 1.807) is 7.11 Å². The van der Waals surface area contributed by atoms with Gasteiger partial charge >= 0.3 is 5.97 Å². The number of aliphatic hydroxyl groups is 1. The van der Waals surface area contributed by atoms with E-state index < -0.39 is 11.6 Å². The van der Waals surface area contributed by atoms with Crippen molar-refractivity contribution in [3.63, 3.8) is 0 Å². The van der Waals surface area contributed by atoms with Crippen molar-refractivity contribution in [3.05, 3.63) is 40.6 Å². The predicted molar refractivity (Wildman–Crippen MR) is 82.1 cm³/mol. The summed E-state index contributed by atoms with van der Waals surface area (Å²) in [5.74, 6) is -0.362. The van der Waals surface area contributed by atoms with Crippen molar-refractivity contribution in [1.82, 2.24) is 5.06 Å². The van der Waals surface area contributed by atoms with E-state index in [1.165, 1.54) is 0 Å². The van der Waals surface area contributed by atoms with E-state index in [0.29, 0.717) is 31.5 Å². The van der Waals surface area contributed by atoms with Crippen LogP contribution in [0.4, 0.5) is 0 Å². The van der Waals surface area contributed by atoms with Crippen LogP contribution >= 0.6 is 0 Å². The summed E-state index contributed by atoms with van der Waals surface area (Å²) in [6, 6.07) is 5.74. The lowest BCUT2D eigenvalue weighted by atomic mass is 9.87. The maximum atomic E-state index is 12.4. The molecule has 0 unspecified atom stereocenters. The molecular formula is C17H21NO4. The van der Waals surface area contributed by atoms with Gasteiger partial charge in [-0.15, -0.1) is 0 Å². The number of carbonyl (C=O) groups excluding carboxylic acids is 1. The molecule has 1 N–H and O–H groups in total. The van der Waals surface area contributed by atoms with Crippen molar-refractivity contribution in [1.29, 1.82) is 0 Å². The summed E-state index contributed by atoms with van der Waals surface area (Å²) in [7, 11) is 1.62.